The van der Waals surface area contributed by atoms with Gasteiger partial charge in [-0.25, -0.2) is 4.39 Å². The van der Waals surface area contributed by atoms with Crippen LogP contribution < -0.4 is 0 Å². The van der Waals surface area contributed by atoms with E-state index in [1.165, 1.54) is 4.98 Å². The summed E-state index contributed by atoms with van der Waals surface area (Å²) in [5.74, 6) is -3.96. The second-order valence-corrected chi connectivity index (χ2v) is 2.50. The van der Waals surface area contributed by atoms with Gasteiger partial charge in [-0.1, -0.05) is 23.8 Å². The van der Waals surface area contributed by atoms with Crippen molar-refractivity contribution in [2.75, 3.05) is 0 Å². The second-order valence-electron chi connectivity index (χ2n) is 1.71. The van der Waals surface area contributed by atoms with Crippen LogP contribution in [0.4, 0.5) is 13.2 Å². The number of halogens is 4. The van der Waals surface area contributed by atoms with Crippen molar-refractivity contribution in [2.24, 2.45) is 0 Å². The minimum Gasteiger partial charge on any atom is -0.305 e. The van der Waals surface area contributed by atoms with Gasteiger partial charge in [-0.05, 0) is 0 Å². The van der Waals surface area contributed by atoms with E-state index in [9.17, 15) is 13.2 Å². The Morgan fingerprint density at radius 1 is 1.18 bits per heavy atom. The highest BCUT2D eigenvalue weighted by atomic mass is 35.5. The molecule has 0 bridgehead atoms. The van der Waals surface area contributed by atoms with Crippen LogP contribution in [0.2, 0.25) is 5.02 Å². The molecule has 1 rings (SSSR count). The second kappa shape index (κ2) is 2.83. The third-order valence-corrected chi connectivity index (χ3v) is 1.85. The fourth-order valence-corrected chi connectivity index (χ4v) is 0.811. The van der Waals surface area contributed by atoms with Gasteiger partial charge in [-0.2, -0.15) is 8.78 Å². The van der Waals surface area contributed by atoms with Gasteiger partial charge in [0.25, 0.3) is 0 Å². The molecule has 1 N–H and O–H groups in total. The predicted octanol–water partition coefficient (Wildman–Crippen LogP) is 2.81. The van der Waals surface area contributed by atoms with Gasteiger partial charge in [0.2, 0.25) is 11.9 Å². The van der Waals surface area contributed by atoms with Gasteiger partial charge >= 0.3 is 0 Å². The van der Waals surface area contributed by atoms with Crippen molar-refractivity contribution < 1.29 is 13.2 Å². The van der Waals surface area contributed by atoms with Crippen LogP contribution in [0.3, 0.4) is 0 Å². The Morgan fingerprint density at radius 2 is 1.73 bits per heavy atom. The minimum absolute atomic E-state index is 0.612. The first-order valence-corrected chi connectivity index (χ1v) is 3.25. The lowest BCUT2D eigenvalue weighted by Gasteiger charge is -1.96. The van der Waals surface area contributed by atoms with E-state index in [4.69, 9.17) is 11.6 Å². The molecule has 1 aromatic heterocycles. The van der Waals surface area contributed by atoms with E-state index in [2.05, 4.69) is 12.2 Å². The highest BCUT2D eigenvalue weighted by Gasteiger charge is 2.11. The average molecular weight is 200 g/mol. The maximum Gasteiger partial charge on any atom is 0.230 e. The van der Waals surface area contributed by atoms with Gasteiger partial charge in [-0.3, -0.25) is 0 Å². The summed E-state index contributed by atoms with van der Waals surface area (Å²) in [4.78, 5) is 1.44. The lowest BCUT2D eigenvalue weighted by molar-refractivity contribution is 0.445. The van der Waals surface area contributed by atoms with Crippen LogP contribution >= 0.6 is 23.8 Å². The summed E-state index contributed by atoms with van der Waals surface area (Å²) in [5, 5.41) is -0.612. The summed E-state index contributed by atoms with van der Waals surface area (Å²) in [5.41, 5.74) is 0. The van der Waals surface area contributed by atoms with Crippen LogP contribution in [0.15, 0.2) is 0 Å². The van der Waals surface area contributed by atoms with Crippen LogP contribution in [0, 0.1) is 22.2 Å². The number of aromatic nitrogens is 1. The molecule has 6 heteroatoms. The molecule has 0 radical (unpaired) electrons. The van der Waals surface area contributed by atoms with Crippen LogP contribution in [0.1, 0.15) is 0 Å². The van der Waals surface area contributed by atoms with E-state index in [-0.39, 0.29) is 0 Å². The predicted molar refractivity (Wildman–Crippen MR) is 36.5 cm³/mol. The Kier molecular flexibility index (Phi) is 2.20. The van der Waals surface area contributed by atoms with E-state index in [1.807, 2.05) is 0 Å². The first-order valence-electron chi connectivity index (χ1n) is 2.46. The Labute approximate surface area is 69.8 Å². The van der Waals surface area contributed by atoms with E-state index < -0.39 is 27.2 Å². The molecule has 0 atom stereocenters. The Bertz CT molecular complexity index is 319. The molecule has 60 valence electrons. The van der Waals surface area contributed by atoms with Crippen molar-refractivity contribution in [3.05, 3.63) is 27.2 Å². The van der Waals surface area contributed by atoms with Gasteiger partial charge in [0.15, 0.2) is 5.82 Å². The Hall–Kier alpha value is -0.550. The van der Waals surface area contributed by atoms with Crippen LogP contribution in [-0.2, 0) is 0 Å². The maximum atomic E-state index is 12.4. The van der Waals surface area contributed by atoms with E-state index in [0.29, 0.717) is 0 Å². The van der Waals surface area contributed by atoms with Crippen LogP contribution in [0.25, 0.3) is 0 Å². The molecule has 0 aromatic carbocycles. The molecule has 0 saturated heterocycles. The van der Waals surface area contributed by atoms with Crippen molar-refractivity contribution in [1.82, 2.24) is 4.98 Å². The number of nitrogens with one attached hydrogen (secondary N) is 1. The number of pyridine rings is 1. The van der Waals surface area contributed by atoms with E-state index in [0.717, 1.165) is 0 Å². The minimum atomic E-state index is -1.45. The average Bonchev–Trinajstić information content (AvgIpc) is 1.97. The monoisotopic (exact) mass is 199 g/mol. The Morgan fingerprint density at radius 3 is 2.27 bits per heavy atom. The maximum absolute atomic E-state index is 12.4. The molecule has 0 aliphatic rings. The number of aromatic amines is 1. The quantitative estimate of drug-likeness (QED) is 0.502. The largest absolute Gasteiger partial charge is 0.305 e. The topological polar surface area (TPSA) is 15.8 Å². The summed E-state index contributed by atoms with van der Waals surface area (Å²) in [7, 11) is 0. The van der Waals surface area contributed by atoms with Gasteiger partial charge in [0.1, 0.15) is 9.53 Å². The fourth-order valence-electron chi connectivity index (χ4n) is 0.502. The molecule has 1 heterocycles. The zero-order chi connectivity index (χ0) is 8.59. The SMILES string of the molecule is Fc1[nH]c(F)c(Cl)c(=S)c1F. The Balaban J connectivity index is 3.59. The molecular formula is C5HClF3NS. The lowest BCUT2D eigenvalue weighted by atomic mass is 10.4. The van der Waals surface area contributed by atoms with Gasteiger partial charge in [0, 0.05) is 0 Å². The molecule has 0 aliphatic heterocycles. The lowest BCUT2D eigenvalue weighted by Crippen LogP contribution is -1.95. The van der Waals surface area contributed by atoms with E-state index in [1.54, 1.807) is 0 Å². The molecule has 0 unspecified atom stereocenters. The summed E-state index contributed by atoms with van der Waals surface area (Å²) >= 11 is 9.40. The molecule has 0 saturated carbocycles. The normalized spacial score (nSPS) is 10.2. The molecule has 1 aromatic rings. The van der Waals surface area contributed by atoms with Gasteiger partial charge < -0.3 is 4.98 Å². The van der Waals surface area contributed by atoms with Gasteiger partial charge in [0.05, 0.1) is 0 Å². The molecule has 11 heavy (non-hydrogen) atoms. The third kappa shape index (κ3) is 1.39. The van der Waals surface area contributed by atoms with Gasteiger partial charge in [-0.15, -0.1) is 0 Å². The highest BCUT2D eigenvalue weighted by molar-refractivity contribution is 7.71. The summed E-state index contributed by atoms with van der Waals surface area (Å²) in [6.45, 7) is 0. The molecule has 0 spiro atoms. The smallest absolute Gasteiger partial charge is 0.230 e. The van der Waals surface area contributed by atoms with Crippen molar-refractivity contribution in [2.45, 2.75) is 0 Å². The first kappa shape index (κ1) is 8.55. The number of rotatable bonds is 0. The van der Waals surface area contributed by atoms with Crippen molar-refractivity contribution in [1.29, 1.82) is 0 Å². The molecule has 0 fully saturated rings. The standard InChI is InChI=1S/C5HClF3NS/c6-1-3(11)2(7)5(9)10-4(1)8/h(H,10,11). The number of hydrogen-bond donors (Lipinski definition) is 1. The molecule has 0 amide bonds. The van der Waals surface area contributed by atoms with Crippen molar-refractivity contribution >= 4 is 23.8 Å². The molecular weight excluding hydrogens is 199 g/mol. The molecule has 0 aliphatic carbocycles. The van der Waals surface area contributed by atoms with Crippen molar-refractivity contribution in [3.8, 4) is 0 Å². The summed E-state index contributed by atoms with van der Waals surface area (Å²) in [6.07, 6.45) is 0. The highest BCUT2D eigenvalue weighted by Crippen LogP contribution is 2.17. The zero-order valence-corrected chi connectivity index (χ0v) is 6.49. The first-order chi connectivity index (χ1) is 5.04. The van der Waals surface area contributed by atoms with Crippen LogP contribution in [-0.4, -0.2) is 4.98 Å². The summed E-state index contributed by atoms with van der Waals surface area (Å²) < 4.78 is 36.3. The van der Waals surface area contributed by atoms with Crippen LogP contribution in [0.5, 0.6) is 0 Å². The zero-order valence-electron chi connectivity index (χ0n) is 4.92. The summed E-state index contributed by atoms with van der Waals surface area (Å²) in [6, 6.07) is 0. The number of H-pyrrole nitrogens is 1. The third-order valence-electron chi connectivity index (χ3n) is 1.00. The number of hydrogen-bond acceptors (Lipinski definition) is 1. The fraction of sp³-hybridized carbons (Fsp3) is 0. The van der Waals surface area contributed by atoms with E-state index >= 15 is 0 Å². The van der Waals surface area contributed by atoms with Crippen molar-refractivity contribution in [3.63, 3.8) is 0 Å². The molecule has 1 nitrogen and oxygen atoms in total.